The van der Waals surface area contributed by atoms with Gasteiger partial charge in [-0.15, -0.1) is 5.10 Å². The zero-order valence-electron chi connectivity index (χ0n) is 18.1. The van der Waals surface area contributed by atoms with Crippen molar-refractivity contribution in [3.8, 4) is 11.4 Å². The first kappa shape index (κ1) is 27.0. The first-order valence-electron chi connectivity index (χ1n) is 10.0. The summed E-state index contributed by atoms with van der Waals surface area (Å²) < 4.78 is 60.8. The van der Waals surface area contributed by atoms with Crippen LogP contribution >= 0.6 is 23.2 Å². The van der Waals surface area contributed by atoms with E-state index in [9.17, 15) is 32.7 Å². The van der Waals surface area contributed by atoms with Crippen LogP contribution in [0.15, 0.2) is 35.1 Å². The van der Waals surface area contributed by atoms with Gasteiger partial charge in [0.25, 0.3) is 12.3 Å². The van der Waals surface area contributed by atoms with Crippen LogP contribution in [0.1, 0.15) is 27.9 Å². The predicted molar refractivity (Wildman–Crippen MR) is 121 cm³/mol. The van der Waals surface area contributed by atoms with Crippen molar-refractivity contribution in [3.63, 3.8) is 0 Å². The molecule has 0 aliphatic heterocycles. The van der Waals surface area contributed by atoms with Gasteiger partial charge in [0.15, 0.2) is 6.10 Å². The minimum Gasteiger partial charge on any atom is -0.481 e. The summed E-state index contributed by atoms with van der Waals surface area (Å²) in [5.74, 6) is -5.45. The van der Waals surface area contributed by atoms with E-state index in [-0.39, 0.29) is 22.3 Å². The molecule has 0 aliphatic carbocycles. The van der Waals surface area contributed by atoms with Crippen molar-refractivity contribution in [2.24, 2.45) is 0 Å². The first-order valence-corrected chi connectivity index (χ1v) is 10.8. The minimum absolute atomic E-state index is 0.00230. The molecule has 0 radical (unpaired) electrons. The molecule has 1 heterocycles. The van der Waals surface area contributed by atoms with Gasteiger partial charge < -0.3 is 15.2 Å². The second-order valence-corrected chi connectivity index (χ2v) is 7.88. The SMILES string of the molecule is CCn1c(C(=O)O)nn(-c2cc(O[C@@H](CF)C(F)F)c(C(=O)Nc3c(Cl)cccc3Cl)cc2F)c1=O. The number of amides is 1. The van der Waals surface area contributed by atoms with Crippen molar-refractivity contribution in [2.45, 2.75) is 26.0 Å². The van der Waals surface area contributed by atoms with E-state index in [2.05, 4.69) is 10.4 Å². The van der Waals surface area contributed by atoms with Crippen molar-refractivity contribution in [1.29, 1.82) is 0 Å². The van der Waals surface area contributed by atoms with Crippen molar-refractivity contribution in [3.05, 3.63) is 68.1 Å². The molecule has 0 saturated heterocycles. The van der Waals surface area contributed by atoms with Crippen molar-refractivity contribution in [1.82, 2.24) is 14.3 Å². The fraction of sp³-hybridized carbons (Fsp3) is 0.238. The van der Waals surface area contributed by atoms with Gasteiger partial charge in [-0.05, 0) is 25.1 Å². The maximum absolute atomic E-state index is 15.1. The van der Waals surface area contributed by atoms with Gasteiger partial charge in [0, 0.05) is 12.6 Å². The van der Waals surface area contributed by atoms with Crippen LogP contribution in [0.4, 0.5) is 23.2 Å². The summed E-state index contributed by atoms with van der Waals surface area (Å²) in [4.78, 5) is 36.9. The molecule has 0 aliphatic rings. The minimum atomic E-state index is -3.34. The standard InChI is InChI=1S/C21H16Cl2F4N4O5/c1-2-30-18(20(33)34)29-31(21(30)35)13-7-14(36-15(8-24)17(26)27)9(6-12(13)25)19(32)28-16-10(22)4-3-5-11(16)23/h3-7,15,17H,2,8H2,1H3,(H,28,32)(H,33,34)/t15-/m0/s1. The second kappa shape index (κ2) is 11.0. The highest BCUT2D eigenvalue weighted by atomic mass is 35.5. The van der Waals surface area contributed by atoms with Gasteiger partial charge in [0.05, 0.1) is 21.3 Å². The maximum atomic E-state index is 15.1. The molecule has 9 nitrogen and oxygen atoms in total. The van der Waals surface area contributed by atoms with Crippen LogP contribution in [0.3, 0.4) is 0 Å². The lowest BCUT2D eigenvalue weighted by Gasteiger charge is -2.19. The number of ether oxygens (including phenoxy) is 1. The predicted octanol–water partition coefficient (Wildman–Crippen LogP) is 4.43. The normalized spacial score (nSPS) is 12.0. The highest BCUT2D eigenvalue weighted by Crippen LogP contribution is 2.32. The summed E-state index contributed by atoms with van der Waals surface area (Å²) in [6.07, 6.45) is -5.68. The lowest BCUT2D eigenvalue weighted by atomic mass is 10.1. The Balaban J connectivity index is 2.18. The highest BCUT2D eigenvalue weighted by Gasteiger charge is 2.28. The summed E-state index contributed by atoms with van der Waals surface area (Å²) >= 11 is 12.0. The fourth-order valence-corrected chi connectivity index (χ4v) is 3.58. The molecule has 36 heavy (non-hydrogen) atoms. The van der Waals surface area contributed by atoms with Crippen LogP contribution in [0.2, 0.25) is 10.0 Å². The van der Waals surface area contributed by atoms with E-state index in [4.69, 9.17) is 27.9 Å². The van der Waals surface area contributed by atoms with Crippen molar-refractivity contribution < 1.29 is 37.0 Å². The second-order valence-electron chi connectivity index (χ2n) is 7.06. The Bertz CT molecular complexity index is 1360. The van der Waals surface area contributed by atoms with Gasteiger partial charge in [0.1, 0.15) is 23.9 Å². The number of carbonyl (C=O) groups is 2. The third kappa shape index (κ3) is 5.31. The van der Waals surface area contributed by atoms with Crippen LogP contribution in [0.5, 0.6) is 5.75 Å². The molecule has 2 N–H and O–H groups in total. The molecular formula is C21H16Cl2F4N4O5. The summed E-state index contributed by atoms with van der Waals surface area (Å²) in [6.45, 7) is -0.373. The highest BCUT2D eigenvalue weighted by molar-refractivity contribution is 6.40. The van der Waals surface area contributed by atoms with Gasteiger partial charge in [0.2, 0.25) is 5.82 Å². The van der Waals surface area contributed by atoms with Gasteiger partial charge in [-0.25, -0.2) is 27.2 Å². The Labute approximate surface area is 209 Å². The largest absolute Gasteiger partial charge is 0.481 e. The number of carboxylic acids is 1. The molecule has 192 valence electrons. The first-order chi connectivity index (χ1) is 17.0. The third-order valence-electron chi connectivity index (χ3n) is 4.80. The maximum Gasteiger partial charge on any atom is 0.374 e. The Morgan fingerprint density at radius 3 is 2.36 bits per heavy atom. The Kier molecular flexibility index (Phi) is 8.25. The number of carbonyl (C=O) groups excluding carboxylic acids is 1. The van der Waals surface area contributed by atoms with Gasteiger partial charge in [-0.2, -0.15) is 4.68 Å². The van der Waals surface area contributed by atoms with Crippen molar-refractivity contribution >= 4 is 40.8 Å². The number of hydrogen-bond acceptors (Lipinski definition) is 5. The molecule has 1 aromatic heterocycles. The van der Waals surface area contributed by atoms with E-state index in [1.807, 2.05) is 0 Å². The average Bonchev–Trinajstić information content (AvgIpc) is 3.16. The van der Waals surface area contributed by atoms with Crippen LogP contribution in [-0.2, 0) is 6.54 Å². The topological polar surface area (TPSA) is 115 Å². The molecule has 1 atom stereocenters. The number of halogens is 6. The zero-order chi connectivity index (χ0) is 26.7. The molecule has 0 bridgehead atoms. The number of aromatic nitrogens is 3. The number of rotatable bonds is 9. The quantitative estimate of drug-likeness (QED) is 0.381. The fourth-order valence-electron chi connectivity index (χ4n) is 3.09. The smallest absolute Gasteiger partial charge is 0.374 e. The average molecular weight is 551 g/mol. The van der Waals surface area contributed by atoms with E-state index >= 15 is 4.39 Å². The van der Waals surface area contributed by atoms with Crippen LogP contribution in [-0.4, -0.2) is 50.5 Å². The van der Waals surface area contributed by atoms with E-state index in [1.54, 1.807) is 0 Å². The lowest BCUT2D eigenvalue weighted by molar-refractivity contribution is -0.00159. The van der Waals surface area contributed by atoms with E-state index < -0.39 is 65.4 Å². The van der Waals surface area contributed by atoms with Gasteiger partial charge >= 0.3 is 11.7 Å². The van der Waals surface area contributed by atoms with E-state index in [0.717, 1.165) is 0 Å². The third-order valence-corrected chi connectivity index (χ3v) is 5.43. The van der Waals surface area contributed by atoms with Gasteiger partial charge in [-0.1, -0.05) is 29.3 Å². The molecule has 15 heteroatoms. The molecule has 0 saturated carbocycles. The number of nitrogens with zero attached hydrogens (tertiary/aromatic N) is 3. The zero-order valence-corrected chi connectivity index (χ0v) is 19.7. The Morgan fingerprint density at radius 1 is 1.22 bits per heavy atom. The number of carboxylic acid groups (broad SMARTS) is 1. The monoisotopic (exact) mass is 550 g/mol. The number of alkyl halides is 3. The van der Waals surface area contributed by atoms with Gasteiger partial charge in [-0.3, -0.25) is 9.36 Å². The molecule has 2 aromatic carbocycles. The number of anilines is 1. The van der Waals surface area contributed by atoms with Crippen LogP contribution < -0.4 is 15.7 Å². The number of hydrogen-bond donors (Lipinski definition) is 2. The number of para-hydroxylation sites is 1. The summed E-state index contributed by atoms with van der Waals surface area (Å²) in [5, 5.41) is 15.1. The molecular weight excluding hydrogens is 535 g/mol. The molecule has 0 spiro atoms. The van der Waals surface area contributed by atoms with Crippen LogP contribution in [0, 0.1) is 5.82 Å². The Hall–Kier alpha value is -3.58. The molecule has 3 rings (SSSR count). The summed E-state index contributed by atoms with van der Waals surface area (Å²) in [7, 11) is 0. The molecule has 1 amide bonds. The molecule has 3 aromatic rings. The number of nitrogens with one attached hydrogen (secondary N) is 1. The lowest BCUT2D eigenvalue weighted by Crippen LogP contribution is -2.29. The molecule has 0 unspecified atom stereocenters. The summed E-state index contributed by atoms with van der Waals surface area (Å²) in [6, 6.07) is 5.44. The molecule has 0 fully saturated rings. The van der Waals surface area contributed by atoms with E-state index in [0.29, 0.717) is 21.4 Å². The summed E-state index contributed by atoms with van der Waals surface area (Å²) in [5.41, 5.74) is -2.56. The number of aromatic carboxylic acids is 1. The number of benzene rings is 2. The van der Waals surface area contributed by atoms with Crippen LogP contribution in [0.25, 0.3) is 5.69 Å². The Morgan fingerprint density at radius 2 is 1.86 bits per heavy atom. The van der Waals surface area contributed by atoms with Crippen molar-refractivity contribution in [2.75, 3.05) is 12.0 Å². The van der Waals surface area contributed by atoms with E-state index in [1.165, 1.54) is 25.1 Å².